The zero-order chi connectivity index (χ0) is 14.5. The lowest BCUT2D eigenvalue weighted by Crippen LogP contribution is -1.98. The van der Waals surface area contributed by atoms with Crippen molar-refractivity contribution >= 4 is 5.97 Å². The topological polar surface area (TPSA) is 37.3 Å². The first-order chi connectivity index (χ1) is 9.06. The molecule has 0 saturated carbocycles. The monoisotopic (exact) mass is 270 g/mol. The number of aliphatic carboxylic acids is 1. The third kappa shape index (κ3) is 13.7. The molecule has 0 aliphatic rings. The third-order valence-electron chi connectivity index (χ3n) is 4.18. The quantitative estimate of drug-likeness (QED) is 0.439. The molecule has 0 bridgehead atoms. The number of hydrogen-bond acceptors (Lipinski definition) is 1. The molecule has 0 fully saturated rings. The molecule has 1 N–H and O–H groups in total. The van der Waals surface area contributed by atoms with Crippen LogP contribution in [0.4, 0.5) is 0 Å². The highest BCUT2D eigenvalue weighted by Gasteiger charge is 2.04. The van der Waals surface area contributed by atoms with Gasteiger partial charge in [0.05, 0.1) is 0 Å². The van der Waals surface area contributed by atoms with Crippen molar-refractivity contribution in [1.29, 1.82) is 0 Å². The van der Waals surface area contributed by atoms with Gasteiger partial charge in [-0.25, -0.2) is 0 Å². The second-order valence-corrected chi connectivity index (χ2v) is 6.25. The van der Waals surface area contributed by atoms with Crippen LogP contribution in [0.25, 0.3) is 0 Å². The summed E-state index contributed by atoms with van der Waals surface area (Å²) in [5.41, 5.74) is 0. The molecule has 0 aromatic heterocycles. The maximum atomic E-state index is 10.3. The molecule has 19 heavy (non-hydrogen) atoms. The lowest BCUT2D eigenvalue weighted by molar-refractivity contribution is -0.137. The fraction of sp³-hybridized carbons (Fsp3) is 0.941. The average Bonchev–Trinajstić information content (AvgIpc) is 2.37. The molecule has 0 saturated heterocycles. The molecule has 0 radical (unpaired) electrons. The van der Waals surface area contributed by atoms with Crippen LogP contribution in [-0.2, 0) is 4.79 Å². The first-order valence-electron chi connectivity index (χ1n) is 8.28. The Morgan fingerprint density at radius 2 is 1.37 bits per heavy atom. The highest BCUT2D eigenvalue weighted by Crippen LogP contribution is 2.19. The van der Waals surface area contributed by atoms with E-state index in [-0.39, 0.29) is 0 Å². The SMILES string of the molecule is CCC(C)CCCC(C)CCCCCCCC(=O)O. The van der Waals surface area contributed by atoms with Crippen molar-refractivity contribution in [1.82, 2.24) is 0 Å². The summed E-state index contributed by atoms with van der Waals surface area (Å²) in [5, 5.41) is 8.53. The Labute approximate surface area is 120 Å². The normalized spacial score (nSPS) is 14.3. The van der Waals surface area contributed by atoms with Crippen LogP contribution in [0.15, 0.2) is 0 Å². The standard InChI is InChI=1S/C17H34O2/c1-4-15(2)12-10-13-16(3)11-8-6-5-7-9-14-17(18)19/h15-16H,4-14H2,1-3H3,(H,18,19). The van der Waals surface area contributed by atoms with E-state index >= 15 is 0 Å². The Morgan fingerprint density at radius 1 is 0.842 bits per heavy atom. The second kappa shape index (κ2) is 12.5. The molecule has 0 rings (SSSR count). The Hall–Kier alpha value is -0.530. The summed E-state index contributed by atoms with van der Waals surface area (Å²) in [6.07, 6.45) is 12.9. The predicted molar refractivity (Wildman–Crippen MR) is 82.4 cm³/mol. The minimum absolute atomic E-state index is 0.339. The molecular formula is C17H34O2. The predicted octanol–water partition coefficient (Wildman–Crippen LogP) is 5.65. The van der Waals surface area contributed by atoms with E-state index in [4.69, 9.17) is 5.11 Å². The summed E-state index contributed by atoms with van der Waals surface area (Å²) in [6, 6.07) is 0. The van der Waals surface area contributed by atoms with Gasteiger partial charge in [0.2, 0.25) is 0 Å². The van der Waals surface area contributed by atoms with Crippen molar-refractivity contribution in [3.05, 3.63) is 0 Å². The van der Waals surface area contributed by atoms with Gasteiger partial charge in [0, 0.05) is 6.42 Å². The third-order valence-corrected chi connectivity index (χ3v) is 4.18. The van der Waals surface area contributed by atoms with Crippen LogP contribution in [0.5, 0.6) is 0 Å². The van der Waals surface area contributed by atoms with Crippen LogP contribution in [0.1, 0.15) is 91.4 Å². The van der Waals surface area contributed by atoms with Gasteiger partial charge in [-0.15, -0.1) is 0 Å². The molecular weight excluding hydrogens is 236 g/mol. The van der Waals surface area contributed by atoms with E-state index in [1.54, 1.807) is 0 Å². The van der Waals surface area contributed by atoms with Crippen LogP contribution in [0.3, 0.4) is 0 Å². The first-order valence-corrected chi connectivity index (χ1v) is 8.28. The van der Waals surface area contributed by atoms with Gasteiger partial charge in [-0.05, 0) is 18.3 Å². The molecule has 2 unspecified atom stereocenters. The number of carboxylic acids is 1. The summed E-state index contributed by atoms with van der Waals surface area (Å²) in [4.78, 5) is 10.3. The van der Waals surface area contributed by atoms with E-state index in [9.17, 15) is 4.79 Å². The Kier molecular flexibility index (Phi) is 12.2. The van der Waals surface area contributed by atoms with Crippen molar-refractivity contribution < 1.29 is 9.90 Å². The smallest absolute Gasteiger partial charge is 0.303 e. The van der Waals surface area contributed by atoms with Gasteiger partial charge in [0.15, 0.2) is 0 Å². The van der Waals surface area contributed by atoms with E-state index < -0.39 is 5.97 Å². The molecule has 0 heterocycles. The number of hydrogen-bond donors (Lipinski definition) is 1. The van der Waals surface area contributed by atoms with Crippen LogP contribution in [-0.4, -0.2) is 11.1 Å². The van der Waals surface area contributed by atoms with E-state index in [0.29, 0.717) is 6.42 Å². The summed E-state index contributed by atoms with van der Waals surface area (Å²) in [5.74, 6) is 1.10. The van der Waals surface area contributed by atoms with Gasteiger partial charge in [0.1, 0.15) is 0 Å². The Balaban J connectivity index is 3.24. The molecule has 0 aromatic carbocycles. The van der Waals surface area contributed by atoms with Crippen LogP contribution >= 0.6 is 0 Å². The minimum atomic E-state index is -0.657. The van der Waals surface area contributed by atoms with Crippen molar-refractivity contribution in [2.45, 2.75) is 91.4 Å². The van der Waals surface area contributed by atoms with Gasteiger partial charge < -0.3 is 5.11 Å². The van der Waals surface area contributed by atoms with Crippen LogP contribution in [0, 0.1) is 11.8 Å². The largest absolute Gasteiger partial charge is 0.481 e. The lowest BCUT2D eigenvalue weighted by atomic mass is 9.93. The second-order valence-electron chi connectivity index (χ2n) is 6.25. The summed E-state index contributed by atoms with van der Waals surface area (Å²) >= 11 is 0. The molecule has 0 spiro atoms. The van der Waals surface area contributed by atoms with Crippen molar-refractivity contribution in [3.8, 4) is 0 Å². The summed E-state index contributed by atoms with van der Waals surface area (Å²) in [7, 11) is 0. The van der Waals surface area contributed by atoms with E-state index in [1.807, 2.05) is 0 Å². The van der Waals surface area contributed by atoms with E-state index in [1.165, 1.54) is 51.4 Å². The fourth-order valence-corrected chi connectivity index (χ4v) is 2.46. The van der Waals surface area contributed by atoms with Gasteiger partial charge in [0.25, 0.3) is 0 Å². The molecule has 2 atom stereocenters. The van der Waals surface area contributed by atoms with Gasteiger partial charge in [-0.2, -0.15) is 0 Å². The molecule has 114 valence electrons. The minimum Gasteiger partial charge on any atom is -0.481 e. The maximum absolute atomic E-state index is 10.3. The van der Waals surface area contributed by atoms with Crippen LogP contribution < -0.4 is 0 Å². The van der Waals surface area contributed by atoms with Crippen LogP contribution in [0.2, 0.25) is 0 Å². The van der Waals surface area contributed by atoms with Crippen molar-refractivity contribution in [3.63, 3.8) is 0 Å². The lowest BCUT2D eigenvalue weighted by Gasteiger charge is -2.13. The van der Waals surface area contributed by atoms with Gasteiger partial charge in [-0.1, -0.05) is 78.6 Å². The fourth-order valence-electron chi connectivity index (χ4n) is 2.46. The molecule has 2 heteroatoms. The summed E-state index contributed by atoms with van der Waals surface area (Å²) < 4.78 is 0. The van der Waals surface area contributed by atoms with E-state index in [2.05, 4.69) is 20.8 Å². The zero-order valence-electron chi connectivity index (χ0n) is 13.3. The number of rotatable bonds is 13. The van der Waals surface area contributed by atoms with Gasteiger partial charge >= 0.3 is 5.97 Å². The highest BCUT2D eigenvalue weighted by molar-refractivity contribution is 5.66. The molecule has 0 aromatic rings. The number of carboxylic acid groups (broad SMARTS) is 1. The zero-order valence-corrected chi connectivity index (χ0v) is 13.3. The van der Waals surface area contributed by atoms with Gasteiger partial charge in [-0.3, -0.25) is 4.79 Å². The Bertz CT molecular complexity index is 213. The van der Waals surface area contributed by atoms with Crippen molar-refractivity contribution in [2.75, 3.05) is 0 Å². The maximum Gasteiger partial charge on any atom is 0.303 e. The Morgan fingerprint density at radius 3 is 2.00 bits per heavy atom. The summed E-state index contributed by atoms with van der Waals surface area (Å²) in [6.45, 7) is 7.00. The molecule has 0 aliphatic carbocycles. The molecule has 2 nitrogen and oxygen atoms in total. The first kappa shape index (κ1) is 18.5. The van der Waals surface area contributed by atoms with Crippen molar-refractivity contribution in [2.24, 2.45) is 11.8 Å². The molecule has 0 aliphatic heterocycles. The molecule has 0 amide bonds. The number of carbonyl (C=O) groups is 1. The van der Waals surface area contributed by atoms with E-state index in [0.717, 1.165) is 24.7 Å². The highest BCUT2D eigenvalue weighted by atomic mass is 16.4. The average molecular weight is 270 g/mol. The number of unbranched alkanes of at least 4 members (excludes halogenated alkanes) is 4.